The Morgan fingerprint density at radius 2 is 2.53 bits per heavy atom. The third-order valence-electron chi connectivity index (χ3n) is 3.10. The van der Waals surface area contributed by atoms with Gasteiger partial charge in [-0.3, -0.25) is 4.79 Å². The Hall–Kier alpha value is -0.940. The van der Waals surface area contributed by atoms with Crippen LogP contribution in [0.1, 0.15) is 25.5 Å². The van der Waals surface area contributed by atoms with Crippen LogP contribution in [-0.4, -0.2) is 41.5 Å². The summed E-state index contributed by atoms with van der Waals surface area (Å²) >= 11 is 1.61. The van der Waals surface area contributed by atoms with Crippen molar-refractivity contribution >= 4 is 17.2 Å². The molecule has 0 spiro atoms. The highest BCUT2D eigenvalue weighted by Crippen LogP contribution is 2.12. The van der Waals surface area contributed by atoms with E-state index in [0.717, 1.165) is 44.6 Å². The Labute approximate surface area is 106 Å². The van der Waals surface area contributed by atoms with Crippen LogP contribution in [0.5, 0.6) is 0 Å². The Balaban J connectivity index is 1.85. The van der Waals surface area contributed by atoms with Gasteiger partial charge in [-0.25, -0.2) is 4.98 Å². The molecule has 1 aliphatic rings. The van der Waals surface area contributed by atoms with Crippen LogP contribution in [0.2, 0.25) is 0 Å². The van der Waals surface area contributed by atoms with E-state index in [-0.39, 0.29) is 11.9 Å². The van der Waals surface area contributed by atoms with E-state index >= 15 is 0 Å². The molecule has 0 radical (unpaired) electrons. The topological polar surface area (TPSA) is 45.2 Å². The molecule has 2 heterocycles. The maximum atomic E-state index is 12.1. The molecule has 94 valence electrons. The van der Waals surface area contributed by atoms with Crippen LogP contribution in [-0.2, 0) is 11.2 Å². The fourth-order valence-electron chi connectivity index (χ4n) is 2.21. The first kappa shape index (κ1) is 12.5. The predicted molar refractivity (Wildman–Crippen MR) is 69.1 cm³/mol. The summed E-state index contributed by atoms with van der Waals surface area (Å²) in [4.78, 5) is 18.3. The Morgan fingerprint density at radius 1 is 1.65 bits per heavy atom. The van der Waals surface area contributed by atoms with Crippen LogP contribution in [0, 0.1) is 0 Å². The number of carbonyl (C=O) groups is 1. The highest BCUT2D eigenvalue weighted by atomic mass is 32.1. The number of hydrogen-bond donors (Lipinski definition) is 1. The van der Waals surface area contributed by atoms with Crippen LogP contribution in [0.25, 0.3) is 0 Å². The lowest BCUT2D eigenvalue weighted by Crippen LogP contribution is -2.51. The van der Waals surface area contributed by atoms with Crippen molar-refractivity contribution in [3.05, 3.63) is 16.6 Å². The van der Waals surface area contributed by atoms with E-state index in [2.05, 4.69) is 15.7 Å². The summed E-state index contributed by atoms with van der Waals surface area (Å²) in [6.07, 6.45) is 2.94. The van der Waals surface area contributed by atoms with Crippen molar-refractivity contribution in [3.63, 3.8) is 0 Å². The first-order chi connectivity index (χ1) is 8.31. The second-order valence-corrected chi connectivity index (χ2v) is 5.03. The first-order valence-electron chi connectivity index (χ1n) is 6.20. The number of likely N-dealkylation sites (N-methyl/N-ethyl adjacent to an activating group) is 1. The minimum atomic E-state index is 0.0317. The molecule has 1 aromatic heterocycles. The van der Waals surface area contributed by atoms with E-state index in [1.165, 1.54) is 0 Å². The quantitative estimate of drug-likeness (QED) is 0.860. The van der Waals surface area contributed by atoms with Gasteiger partial charge in [0.1, 0.15) is 0 Å². The lowest BCUT2D eigenvalue weighted by atomic mass is 10.0. The van der Waals surface area contributed by atoms with Crippen molar-refractivity contribution in [1.29, 1.82) is 0 Å². The molecule has 5 heteroatoms. The number of hydrogen-bond acceptors (Lipinski definition) is 4. The van der Waals surface area contributed by atoms with Gasteiger partial charge in [0.25, 0.3) is 0 Å². The van der Waals surface area contributed by atoms with Gasteiger partial charge in [0.2, 0.25) is 5.91 Å². The zero-order chi connectivity index (χ0) is 12.1. The number of aromatic nitrogens is 1. The maximum absolute atomic E-state index is 12.1. The molecule has 1 fully saturated rings. The van der Waals surface area contributed by atoms with Crippen molar-refractivity contribution in [2.45, 2.75) is 32.2 Å². The largest absolute Gasteiger partial charge is 0.341 e. The van der Waals surface area contributed by atoms with Gasteiger partial charge in [-0.05, 0) is 19.4 Å². The molecule has 17 heavy (non-hydrogen) atoms. The molecule has 0 saturated carbocycles. The predicted octanol–water partition coefficient (Wildman–Crippen LogP) is 1.29. The van der Waals surface area contributed by atoms with Crippen molar-refractivity contribution < 1.29 is 4.79 Å². The van der Waals surface area contributed by atoms with E-state index in [1.54, 1.807) is 11.3 Å². The van der Waals surface area contributed by atoms with Crippen LogP contribution >= 0.6 is 11.3 Å². The minimum absolute atomic E-state index is 0.0317. The highest BCUT2D eigenvalue weighted by molar-refractivity contribution is 7.07. The number of nitrogens with zero attached hydrogens (tertiary/aromatic N) is 2. The molecule has 1 saturated heterocycles. The molecular formula is C12H19N3OS. The van der Waals surface area contributed by atoms with Gasteiger partial charge in [0.05, 0.1) is 17.2 Å². The van der Waals surface area contributed by atoms with Crippen LogP contribution in [0.3, 0.4) is 0 Å². The highest BCUT2D eigenvalue weighted by Gasteiger charge is 2.27. The summed E-state index contributed by atoms with van der Waals surface area (Å²) in [5, 5.41) is 5.30. The van der Waals surface area contributed by atoms with E-state index in [1.807, 2.05) is 17.3 Å². The molecule has 1 amide bonds. The van der Waals surface area contributed by atoms with Crippen LogP contribution in [0.4, 0.5) is 0 Å². The van der Waals surface area contributed by atoms with E-state index in [9.17, 15) is 4.79 Å². The fourth-order valence-corrected chi connectivity index (χ4v) is 2.80. The number of piperidine rings is 1. The van der Waals surface area contributed by atoms with Crippen molar-refractivity contribution in [2.24, 2.45) is 0 Å². The van der Waals surface area contributed by atoms with E-state index < -0.39 is 0 Å². The molecule has 2 rings (SSSR count). The Kier molecular flexibility index (Phi) is 4.50. The van der Waals surface area contributed by atoms with Gasteiger partial charge in [-0.1, -0.05) is 6.92 Å². The second kappa shape index (κ2) is 6.12. The summed E-state index contributed by atoms with van der Waals surface area (Å²) in [7, 11) is 0. The van der Waals surface area contributed by atoms with Gasteiger partial charge in [0, 0.05) is 24.9 Å². The number of nitrogens with one attached hydrogen (secondary N) is 1. The third kappa shape index (κ3) is 3.26. The molecule has 0 aliphatic carbocycles. The van der Waals surface area contributed by atoms with Gasteiger partial charge >= 0.3 is 0 Å². The third-order valence-corrected chi connectivity index (χ3v) is 3.74. The lowest BCUT2D eigenvalue weighted by Gasteiger charge is -2.32. The van der Waals surface area contributed by atoms with Crippen molar-refractivity contribution in [3.8, 4) is 0 Å². The number of thiazole rings is 1. The van der Waals surface area contributed by atoms with E-state index in [4.69, 9.17) is 0 Å². The normalized spacial score (nSPS) is 20.9. The second-order valence-electron chi connectivity index (χ2n) is 4.31. The van der Waals surface area contributed by atoms with Crippen LogP contribution < -0.4 is 5.32 Å². The number of likely N-dealkylation sites (tertiary alicyclic amines) is 1. The molecule has 1 unspecified atom stereocenters. The molecular weight excluding hydrogens is 234 g/mol. The average molecular weight is 253 g/mol. The number of amides is 1. The molecule has 0 bridgehead atoms. The first-order valence-corrected chi connectivity index (χ1v) is 7.14. The maximum Gasteiger partial charge on any atom is 0.239 e. The van der Waals surface area contributed by atoms with Gasteiger partial charge in [0.15, 0.2) is 0 Å². The van der Waals surface area contributed by atoms with Gasteiger partial charge in [-0.15, -0.1) is 11.3 Å². The molecule has 0 aromatic carbocycles. The lowest BCUT2D eigenvalue weighted by molar-refractivity contribution is -0.135. The summed E-state index contributed by atoms with van der Waals surface area (Å²) < 4.78 is 0. The average Bonchev–Trinajstić information content (AvgIpc) is 2.83. The summed E-state index contributed by atoms with van der Waals surface area (Å²) in [6, 6.07) is 0.0317. The van der Waals surface area contributed by atoms with Crippen molar-refractivity contribution in [2.75, 3.05) is 19.6 Å². The zero-order valence-electron chi connectivity index (χ0n) is 10.2. The zero-order valence-corrected chi connectivity index (χ0v) is 11.0. The molecule has 1 aliphatic heterocycles. The minimum Gasteiger partial charge on any atom is -0.341 e. The molecule has 1 atom stereocenters. The SMILES string of the molecule is CCNC1CCCN(CCc2cscn2)C1=O. The molecule has 4 nitrogen and oxygen atoms in total. The van der Waals surface area contributed by atoms with Crippen LogP contribution in [0.15, 0.2) is 10.9 Å². The summed E-state index contributed by atoms with van der Waals surface area (Å²) in [5.74, 6) is 0.258. The standard InChI is InChI=1S/C12H19N3OS/c1-2-13-11-4-3-6-15(12(11)16)7-5-10-8-17-9-14-10/h8-9,11,13H,2-7H2,1H3. The van der Waals surface area contributed by atoms with Gasteiger partial charge < -0.3 is 10.2 Å². The van der Waals surface area contributed by atoms with E-state index in [0.29, 0.717) is 0 Å². The number of rotatable bonds is 5. The van der Waals surface area contributed by atoms with Crippen molar-refractivity contribution in [1.82, 2.24) is 15.2 Å². The summed E-state index contributed by atoms with van der Waals surface area (Å²) in [6.45, 7) is 4.59. The summed E-state index contributed by atoms with van der Waals surface area (Å²) in [5.41, 5.74) is 2.93. The molecule has 1 aromatic rings. The monoisotopic (exact) mass is 253 g/mol. The molecule has 1 N–H and O–H groups in total. The smallest absolute Gasteiger partial charge is 0.239 e. The fraction of sp³-hybridized carbons (Fsp3) is 0.667. The Bertz CT molecular complexity index is 351. The number of carbonyl (C=O) groups excluding carboxylic acids is 1. The van der Waals surface area contributed by atoms with Gasteiger partial charge in [-0.2, -0.15) is 0 Å². The Morgan fingerprint density at radius 3 is 3.24 bits per heavy atom.